The van der Waals surface area contributed by atoms with E-state index in [2.05, 4.69) is 62.5 Å². The second-order valence-corrected chi connectivity index (χ2v) is 8.18. The summed E-state index contributed by atoms with van der Waals surface area (Å²) in [5.41, 5.74) is 10.7. The Hall–Kier alpha value is -1.74. The Morgan fingerprint density at radius 3 is 2.60 bits per heavy atom. The average Bonchev–Trinajstić information content (AvgIpc) is 3.01. The first-order valence-electron chi connectivity index (χ1n) is 9.63. The highest BCUT2D eigenvalue weighted by Gasteiger charge is 2.36. The molecule has 3 heteroatoms. The van der Waals surface area contributed by atoms with Gasteiger partial charge in [0.05, 0.1) is 5.69 Å². The molecular formula is C22H31N3. The Kier molecular flexibility index (Phi) is 3.95. The van der Waals surface area contributed by atoms with E-state index in [-0.39, 0.29) is 0 Å². The number of anilines is 2. The molecule has 134 valence electrons. The van der Waals surface area contributed by atoms with Crippen molar-refractivity contribution in [2.75, 3.05) is 36.5 Å². The molecular weight excluding hydrogens is 306 g/mol. The number of nitrogens with one attached hydrogen (secondary N) is 1. The molecule has 0 radical (unpaired) electrons. The SMILES string of the molecule is C=C1C(C)=C(C)N(C)c2c1cc(C)c(N1CC3CCCNC3C1)c2C. The van der Waals surface area contributed by atoms with Gasteiger partial charge in [-0.25, -0.2) is 0 Å². The average molecular weight is 338 g/mol. The third kappa shape index (κ3) is 2.43. The fourth-order valence-corrected chi connectivity index (χ4v) is 5.18. The normalized spacial score (nSPS) is 26.2. The van der Waals surface area contributed by atoms with Crippen LogP contribution in [0.25, 0.3) is 5.57 Å². The third-order valence-corrected chi connectivity index (χ3v) is 6.77. The number of benzene rings is 1. The molecule has 2 unspecified atom stereocenters. The van der Waals surface area contributed by atoms with E-state index in [0.717, 1.165) is 12.5 Å². The summed E-state index contributed by atoms with van der Waals surface area (Å²) < 4.78 is 0. The van der Waals surface area contributed by atoms with Crippen molar-refractivity contribution in [3.8, 4) is 0 Å². The van der Waals surface area contributed by atoms with Gasteiger partial charge in [-0.05, 0) is 81.3 Å². The number of rotatable bonds is 1. The lowest BCUT2D eigenvalue weighted by Gasteiger charge is -2.36. The van der Waals surface area contributed by atoms with Crippen molar-refractivity contribution in [2.24, 2.45) is 5.92 Å². The van der Waals surface area contributed by atoms with Gasteiger partial charge in [-0.3, -0.25) is 0 Å². The van der Waals surface area contributed by atoms with Crippen molar-refractivity contribution in [2.45, 2.75) is 46.6 Å². The highest BCUT2D eigenvalue weighted by Crippen LogP contribution is 2.46. The van der Waals surface area contributed by atoms with Crippen LogP contribution in [0.2, 0.25) is 0 Å². The molecule has 0 amide bonds. The molecule has 1 aromatic rings. The van der Waals surface area contributed by atoms with Gasteiger partial charge in [0.2, 0.25) is 0 Å². The molecule has 25 heavy (non-hydrogen) atoms. The number of hydrogen-bond donors (Lipinski definition) is 1. The van der Waals surface area contributed by atoms with E-state index in [1.54, 1.807) is 0 Å². The topological polar surface area (TPSA) is 18.5 Å². The van der Waals surface area contributed by atoms with Gasteiger partial charge in [0.15, 0.2) is 0 Å². The van der Waals surface area contributed by atoms with Gasteiger partial charge in [-0.15, -0.1) is 0 Å². The van der Waals surface area contributed by atoms with Crippen molar-refractivity contribution in [3.63, 3.8) is 0 Å². The van der Waals surface area contributed by atoms with E-state index < -0.39 is 0 Å². The predicted octanol–water partition coefficient (Wildman–Crippen LogP) is 4.25. The smallest absolute Gasteiger partial charge is 0.0535 e. The molecule has 3 aliphatic heterocycles. The molecule has 2 atom stereocenters. The largest absolute Gasteiger partial charge is 0.369 e. The fraction of sp³-hybridized carbons (Fsp3) is 0.545. The first-order valence-corrected chi connectivity index (χ1v) is 9.63. The quantitative estimate of drug-likeness (QED) is 0.826. The summed E-state index contributed by atoms with van der Waals surface area (Å²) in [6, 6.07) is 3.03. The molecule has 0 aliphatic carbocycles. The van der Waals surface area contributed by atoms with Gasteiger partial charge < -0.3 is 15.1 Å². The molecule has 2 fully saturated rings. The summed E-state index contributed by atoms with van der Waals surface area (Å²) in [6.45, 7) is 16.9. The van der Waals surface area contributed by atoms with Crippen LogP contribution in [-0.4, -0.2) is 32.7 Å². The molecule has 0 bridgehead atoms. The molecule has 4 rings (SSSR count). The molecule has 0 spiro atoms. The van der Waals surface area contributed by atoms with E-state index in [1.807, 2.05) is 0 Å². The molecule has 1 N–H and O–H groups in total. The van der Waals surface area contributed by atoms with Gasteiger partial charge in [-0.2, -0.15) is 0 Å². The number of fused-ring (bicyclic) bond motifs is 2. The van der Waals surface area contributed by atoms with E-state index in [9.17, 15) is 0 Å². The molecule has 2 saturated heterocycles. The van der Waals surface area contributed by atoms with Crippen molar-refractivity contribution >= 4 is 16.9 Å². The molecule has 3 heterocycles. The minimum atomic E-state index is 0.667. The third-order valence-electron chi connectivity index (χ3n) is 6.77. The van der Waals surface area contributed by atoms with E-state index in [4.69, 9.17) is 0 Å². The maximum atomic E-state index is 4.38. The Morgan fingerprint density at radius 1 is 1.12 bits per heavy atom. The van der Waals surface area contributed by atoms with Crippen LogP contribution >= 0.6 is 0 Å². The Bertz CT molecular complexity index is 760. The summed E-state index contributed by atoms with van der Waals surface area (Å²) in [4.78, 5) is 4.99. The fourth-order valence-electron chi connectivity index (χ4n) is 5.18. The summed E-state index contributed by atoms with van der Waals surface area (Å²) in [6.07, 6.45) is 2.69. The Balaban J connectivity index is 1.79. The molecule has 0 aromatic heterocycles. The Morgan fingerprint density at radius 2 is 1.88 bits per heavy atom. The molecule has 3 aliphatic rings. The lowest BCUT2D eigenvalue weighted by molar-refractivity contribution is 0.340. The number of hydrogen-bond acceptors (Lipinski definition) is 3. The van der Waals surface area contributed by atoms with Crippen LogP contribution in [0.4, 0.5) is 11.4 Å². The minimum absolute atomic E-state index is 0.667. The molecule has 0 saturated carbocycles. The van der Waals surface area contributed by atoms with E-state index >= 15 is 0 Å². The second kappa shape index (κ2) is 5.91. The number of aryl methyl sites for hydroxylation is 1. The maximum absolute atomic E-state index is 4.38. The van der Waals surface area contributed by atoms with Gasteiger partial charge in [-0.1, -0.05) is 6.58 Å². The van der Waals surface area contributed by atoms with E-state index in [0.29, 0.717) is 6.04 Å². The van der Waals surface area contributed by atoms with E-state index in [1.165, 1.54) is 70.8 Å². The summed E-state index contributed by atoms with van der Waals surface area (Å²) in [7, 11) is 2.20. The number of allylic oxidation sites excluding steroid dienone is 3. The zero-order valence-electron chi connectivity index (χ0n) is 16.4. The first kappa shape index (κ1) is 16.7. The summed E-state index contributed by atoms with van der Waals surface area (Å²) in [5.74, 6) is 0.806. The second-order valence-electron chi connectivity index (χ2n) is 8.18. The monoisotopic (exact) mass is 337 g/mol. The van der Waals surface area contributed by atoms with Crippen LogP contribution < -0.4 is 15.1 Å². The van der Waals surface area contributed by atoms with Gasteiger partial charge in [0.1, 0.15) is 0 Å². The van der Waals surface area contributed by atoms with Crippen molar-refractivity contribution < 1.29 is 0 Å². The highest BCUT2D eigenvalue weighted by atomic mass is 15.2. The van der Waals surface area contributed by atoms with Crippen molar-refractivity contribution in [1.29, 1.82) is 0 Å². The molecule has 1 aromatic carbocycles. The minimum Gasteiger partial charge on any atom is -0.369 e. The zero-order chi connectivity index (χ0) is 17.9. The van der Waals surface area contributed by atoms with Crippen LogP contribution in [0.1, 0.15) is 43.4 Å². The maximum Gasteiger partial charge on any atom is 0.0535 e. The lowest BCUT2D eigenvalue weighted by atomic mass is 9.88. The number of piperidine rings is 1. The van der Waals surface area contributed by atoms with Crippen LogP contribution in [0, 0.1) is 19.8 Å². The Labute approximate surface area is 152 Å². The predicted molar refractivity (Wildman–Crippen MR) is 108 cm³/mol. The van der Waals surface area contributed by atoms with Crippen LogP contribution in [0.15, 0.2) is 23.9 Å². The standard InChI is InChI=1S/C22H31N3/c1-13-10-19-15(3)14(2)17(5)24(6)22(19)16(4)21(13)25-11-18-8-7-9-23-20(18)12-25/h10,18,20,23H,3,7-9,11-12H2,1-2,4-6H3. The summed E-state index contributed by atoms with van der Waals surface area (Å²) >= 11 is 0. The van der Waals surface area contributed by atoms with Crippen LogP contribution in [-0.2, 0) is 0 Å². The van der Waals surface area contributed by atoms with Crippen LogP contribution in [0.3, 0.4) is 0 Å². The summed E-state index contributed by atoms with van der Waals surface area (Å²) in [5, 5.41) is 3.74. The van der Waals surface area contributed by atoms with Crippen molar-refractivity contribution in [3.05, 3.63) is 40.6 Å². The van der Waals surface area contributed by atoms with Crippen molar-refractivity contribution in [1.82, 2.24) is 5.32 Å². The first-order chi connectivity index (χ1) is 11.9. The van der Waals surface area contributed by atoms with Gasteiger partial charge in [0, 0.05) is 43.1 Å². The molecule has 3 nitrogen and oxygen atoms in total. The van der Waals surface area contributed by atoms with Gasteiger partial charge >= 0.3 is 0 Å². The van der Waals surface area contributed by atoms with Crippen LogP contribution in [0.5, 0.6) is 0 Å². The zero-order valence-corrected chi connectivity index (χ0v) is 16.4. The van der Waals surface area contributed by atoms with Gasteiger partial charge in [0.25, 0.3) is 0 Å². The highest BCUT2D eigenvalue weighted by molar-refractivity contribution is 5.93. The lowest BCUT2D eigenvalue weighted by Crippen LogP contribution is -2.40. The number of nitrogens with zero attached hydrogens (tertiary/aromatic N) is 2.